The zero-order chi connectivity index (χ0) is 12.3. The normalized spacial score (nSPS) is 14.9. The molecule has 0 unspecified atom stereocenters. The summed E-state index contributed by atoms with van der Waals surface area (Å²) in [5.74, 6) is 1.57. The van der Waals surface area contributed by atoms with Gasteiger partial charge in [0.2, 0.25) is 5.91 Å². The molecule has 0 spiro atoms. The maximum atomic E-state index is 11.8. The van der Waals surface area contributed by atoms with E-state index in [-0.39, 0.29) is 11.8 Å². The minimum Gasteiger partial charge on any atom is -0.493 e. The van der Waals surface area contributed by atoms with E-state index in [9.17, 15) is 4.79 Å². The maximum Gasteiger partial charge on any atom is 0.227 e. The van der Waals surface area contributed by atoms with Gasteiger partial charge in [0.05, 0.1) is 14.2 Å². The number of hydrogen-bond donors (Lipinski definition) is 1. The van der Waals surface area contributed by atoms with E-state index < -0.39 is 0 Å². The van der Waals surface area contributed by atoms with Gasteiger partial charge in [-0.3, -0.25) is 4.79 Å². The zero-order valence-corrected chi connectivity index (χ0v) is 10.2. The third-order valence-electron chi connectivity index (χ3n) is 3.13. The molecular weight excluding hydrogens is 218 g/mol. The summed E-state index contributed by atoms with van der Waals surface area (Å²) in [5, 5.41) is 2.90. The van der Waals surface area contributed by atoms with E-state index in [0.717, 1.165) is 24.9 Å². The number of nitrogens with one attached hydrogen (secondary N) is 1. The Morgan fingerprint density at radius 3 is 2.47 bits per heavy atom. The summed E-state index contributed by atoms with van der Waals surface area (Å²) in [5.41, 5.74) is 0.750. The van der Waals surface area contributed by atoms with Gasteiger partial charge >= 0.3 is 0 Å². The van der Waals surface area contributed by atoms with Gasteiger partial charge in [0.1, 0.15) is 0 Å². The minimum atomic E-state index is 0.100. The number of benzene rings is 1. The first kappa shape index (κ1) is 11.8. The Bertz CT molecular complexity index is 413. The van der Waals surface area contributed by atoms with Crippen LogP contribution in [0.4, 0.5) is 5.69 Å². The van der Waals surface area contributed by atoms with E-state index in [0.29, 0.717) is 11.5 Å². The molecule has 0 saturated heterocycles. The highest BCUT2D eigenvalue weighted by Crippen LogP contribution is 2.31. The molecule has 1 aromatic rings. The minimum absolute atomic E-state index is 0.100. The molecule has 0 heterocycles. The van der Waals surface area contributed by atoms with Crippen molar-refractivity contribution in [3.63, 3.8) is 0 Å². The molecule has 0 bridgehead atoms. The Kier molecular flexibility index (Phi) is 3.52. The van der Waals surface area contributed by atoms with Crippen LogP contribution >= 0.6 is 0 Å². The molecule has 1 saturated carbocycles. The first-order valence-electron chi connectivity index (χ1n) is 5.77. The van der Waals surface area contributed by atoms with Crippen molar-refractivity contribution in [1.29, 1.82) is 0 Å². The van der Waals surface area contributed by atoms with Gasteiger partial charge in [-0.15, -0.1) is 0 Å². The van der Waals surface area contributed by atoms with Crippen molar-refractivity contribution >= 4 is 11.6 Å². The first-order valence-corrected chi connectivity index (χ1v) is 5.77. The predicted molar refractivity (Wildman–Crippen MR) is 65.5 cm³/mol. The summed E-state index contributed by atoms with van der Waals surface area (Å²) in [6.45, 7) is 0. The number of hydrogen-bond acceptors (Lipinski definition) is 3. The van der Waals surface area contributed by atoms with Crippen LogP contribution in [0, 0.1) is 5.92 Å². The quantitative estimate of drug-likeness (QED) is 0.872. The molecule has 0 atom stereocenters. The number of amides is 1. The third-order valence-corrected chi connectivity index (χ3v) is 3.13. The van der Waals surface area contributed by atoms with Crippen molar-refractivity contribution in [2.75, 3.05) is 19.5 Å². The van der Waals surface area contributed by atoms with E-state index in [4.69, 9.17) is 9.47 Å². The second-order valence-electron chi connectivity index (χ2n) is 4.19. The number of carbonyl (C=O) groups excluding carboxylic acids is 1. The second-order valence-corrected chi connectivity index (χ2v) is 4.19. The predicted octanol–water partition coefficient (Wildman–Crippen LogP) is 2.44. The zero-order valence-electron chi connectivity index (χ0n) is 10.2. The fraction of sp³-hybridized carbons (Fsp3) is 0.462. The van der Waals surface area contributed by atoms with Gasteiger partial charge in [0.25, 0.3) is 0 Å². The largest absolute Gasteiger partial charge is 0.493 e. The summed E-state index contributed by atoms with van der Waals surface area (Å²) >= 11 is 0. The molecule has 0 radical (unpaired) electrons. The van der Waals surface area contributed by atoms with Crippen LogP contribution in [0.1, 0.15) is 19.3 Å². The van der Waals surface area contributed by atoms with Gasteiger partial charge in [-0.25, -0.2) is 0 Å². The van der Waals surface area contributed by atoms with Gasteiger partial charge in [-0.05, 0) is 25.0 Å². The van der Waals surface area contributed by atoms with E-state index in [2.05, 4.69) is 5.32 Å². The number of carbonyl (C=O) groups is 1. The average Bonchev–Trinajstić information content (AvgIpc) is 2.26. The van der Waals surface area contributed by atoms with E-state index in [1.807, 2.05) is 6.07 Å². The Morgan fingerprint density at radius 1 is 1.24 bits per heavy atom. The van der Waals surface area contributed by atoms with Crippen molar-refractivity contribution < 1.29 is 14.3 Å². The standard InChI is InChI=1S/C13H17NO3/c1-16-11-7-6-10(8-12(11)17-2)14-13(15)9-4-3-5-9/h6-9H,3-5H2,1-2H3,(H,14,15). The average molecular weight is 235 g/mol. The molecule has 0 aromatic heterocycles. The van der Waals surface area contributed by atoms with Crippen LogP contribution in [0.5, 0.6) is 11.5 Å². The highest BCUT2D eigenvalue weighted by molar-refractivity contribution is 5.93. The highest BCUT2D eigenvalue weighted by atomic mass is 16.5. The lowest BCUT2D eigenvalue weighted by atomic mass is 9.85. The number of rotatable bonds is 4. The van der Waals surface area contributed by atoms with Crippen molar-refractivity contribution in [3.8, 4) is 11.5 Å². The fourth-order valence-electron chi connectivity index (χ4n) is 1.83. The van der Waals surface area contributed by atoms with E-state index in [1.54, 1.807) is 26.4 Å². The molecule has 2 rings (SSSR count). The lowest BCUT2D eigenvalue weighted by molar-refractivity contribution is -0.122. The fourth-order valence-corrected chi connectivity index (χ4v) is 1.83. The topological polar surface area (TPSA) is 47.6 Å². The maximum absolute atomic E-state index is 11.8. The van der Waals surface area contributed by atoms with E-state index >= 15 is 0 Å². The molecule has 1 aliphatic rings. The van der Waals surface area contributed by atoms with Crippen LogP contribution in [0.2, 0.25) is 0 Å². The molecular formula is C13H17NO3. The Morgan fingerprint density at radius 2 is 1.94 bits per heavy atom. The summed E-state index contributed by atoms with van der Waals surface area (Å²) in [6.07, 6.45) is 3.16. The van der Waals surface area contributed by atoms with Gasteiger partial charge in [-0.2, -0.15) is 0 Å². The lowest BCUT2D eigenvalue weighted by Crippen LogP contribution is -2.27. The van der Waals surface area contributed by atoms with Gasteiger partial charge in [0, 0.05) is 17.7 Å². The van der Waals surface area contributed by atoms with Crippen molar-refractivity contribution in [1.82, 2.24) is 0 Å². The Balaban J connectivity index is 2.07. The van der Waals surface area contributed by atoms with Crippen molar-refractivity contribution in [2.24, 2.45) is 5.92 Å². The molecule has 0 aliphatic heterocycles. The van der Waals surface area contributed by atoms with Crippen LogP contribution in [-0.2, 0) is 4.79 Å². The van der Waals surface area contributed by atoms with Crippen LogP contribution in [0.15, 0.2) is 18.2 Å². The third kappa shape index (κ3) is 2.52. The molecule has 17 heavy (non-hydrogen) atoms. The molecule has 1 fully saturated rings. The molecule has 4 heteroatoms. The van der Waals surface area contributed by atoms with Gasteiger partial charge in [0.15, 0.2) is 11.5 Å². The molecule has 92 valence electrons. The molecule has 1 N–H and O–H groups in total. The van der Waals surface area contributed by atoms with Crippen molar-refractivity contribution in [3.05, 3.63) is 18.2 Å². The summed E-state index contributed by atoms with van der Waals surface area (Å²) in [7, 11) is 3.17. The Hall–Kier alpha value is -1.71. The molecule has 1 aliphatic carbocycles. The summed E-state index contributed by atoms with van der Waals surface area (Å²) in [4.78, 5) is 11.8. The van der Waals surface area contributed by atoms with Crippen molar-refractivity contribution in [2.45, 2.75) is 19.3 Å². The second kappa shape index (κ2) is 5.08. The number of ether oxygens (including phenoxy) is 2. The van der Waals surface area contributed by atoms with Gasteiger partial charge in [-0.1, -0.05) is 6.42 Å². The van der Waals surface area contributed by atoms with E-state index in [1.165, 1.54) is 0 Å². The number of anilines is 1. The Labute approximate surface area is 101 Å². The summed E-state index contributed by atoms with van der Waals surface area (Å²) in [6, 6.07) is 5.38. The highest BCUT2D eigenvalue weighted by Gasteiger charge is 2.25. The SMILES string of the molecule is COc1ccc(NC(=O)C2CCC2)cc1OC. The summed E-state index contributed by atoms with van der Waals surface area (Å²) < 4.78 is 10.3. The smallest absolute Gasteiger partial charge is 0.227 e. The lowest BCUT2D eigenvalue weighted by Gasteiger charge is -2.24. The first-order chi connectivity index (χ1) is 8.24. The number of methoxy groups -OCH3 is 2. The van der Waals surface area contributed by atoms with Gasteiger partial charge < -0.3 is 14.8 Å². The van der Waals surface area contributed by atoms with Crippen LogP contribution in [0.25, 0.3) is 0 Å². The van der Waals surface area contributed by atoms with Crippen LogP contribution in [-0.4, -0.2) is 20.1 Å². The molecule has 1 aromatic carbocycles. The molecule has 1 amide bonds. The van der Waals surface area contributed by atoms with Crippen LogP contribution in [0.3, 0.4) is 0 Å². The van der Waals surface area contributed by atoms with Crippen LogP contribution < -0.4 is 14.8 Å². The molecule has 4 nitrogen and oxygen atoms in total. The monoisotopic (exact) mass is 235 g/mol.